The Balaban J connectivity index is 2.83. The van der Waals surface area contributed by atoms with E-state index in [4.69, 9.17) is 14.2 Å². The summed E-state index contributed by atoms with van der Waals surface area (Å²) in [6.45, 7) is 13.4. The maximum atomic E-state index is 12.1. The van der Waals surface area contributed by atoms with Crippen LogP contribution >= 0.6 is 0 Å². The lowest BCUT2D eigenvalue weighted by Crippen LogP contribution is -2.43. The molecular weight excluding hydrogens is 308 g/mol. The maximum Gasteiger partial charge on any atom is 0.312 e. The molecule has 0 bridgehead atoms. The first-order valence-corrected chi connectivity index (χ1v) is 11.9. The van der Waals surface area contributed by atoms with Crippen molar-refractivity contribution in [2.24, 2.45) is 5.41 Å². The topological polar surface area (TPSA) is 44.8 Å². The van der Waals surface area contributed by atoms with Crippen molar-refractivity contribution in [1.29, 1.82) is 0 Å². The average molecular weight is 345 g/mol. The second-order valence-corrected chi connectivity index (χ2v) is 12.2. The van der Waals surface area contributed by atoms with Crippen molar-refractivity contribution in [2.75, 3.05) is 6.61 Å². The number of hydrogen-bond acceptors (Lipinski definition) is 4. The summed E-state index contributed by atoms with van der Waals surface area (Å²) in [4.78, 5) is 18.2. The number of hydrogen-bond donors (Lipinski definition) is 0. The molecule has 1 aliphatic heterocycles. The smallest absolute Gasteiger partial charge is 0.312 e. The predicted molar refractivity (Wildman–Crippen MR) is 95.6 cm³/mol. The van der Waals surface area contributed by atoms with E-state index in [-0.39, 0.29) is 5.97 Å². The third-order valence-corrected chi connectivity index (χ3v) is 9.86. The van der Waals surface area contributed by atoms with E-state index in [0.29, 0.717) is 13.0 Å². The molecular formula is C18H36O4Si. The first-order valence-electron chi connectivity index (χ1n) is 9.33. The number of rotatable bonds is 11. The zero-order valence-electron chi connectivity index (χ0n) is 16.0. The molecule has 23 heavy (non-hydrogen) atoms. The molecule has 0 amide bonds. The normalized spacial score (nSPS) is 24.5. The standard InChI is InChI=1S/C18H36O4Si/c1-7-11-12-18(6,15-17(5)13-14-20-16(17)19)21-22-23(8-2,9-3)10-4/h7-15H2,1-6H3. The Morgan fingerprint density at radius 2 is 1.83 bits per heavy atom. The monoisotopic (exact) mass is 344 g/mol. The van der Waals surface area contributed by atoms with Gasteiger partial charge in [-0.3, -0.25) is 9.37 Å². The van der Waals surface area contributed by atoms with Crippen LogP contribution in [-0.4, -0.2) is 26.5 Å². The quantitative estimate of drug-likeness (QED) is 0.223. The van der Waals surface area contributed by atoms with Crippen LogP contribution < -0.4 is 0 Å². The van der Waals surface area contributed by atoms with E-state index in [0.717, 1.165) is 43.8 Å². The van der Waals surface area contributed by atoms with Gasteiger partial charge >= 0.3 is 5.97 Å². The summed E-state index contributed by atoms with van der Waals surface area (Å²) in [5, 5.41) is 0. The van der Waals surface area contributed by atoms with Gasteiger partial charge in [-0.2, -0.15) is 0 Å². The largest absolute Gasteiger partial charge is 0.465 e. The summed E-state index contributed by atoms with van der Waals surface area (Å²) in [5.41, 5.74) is -0.868. The fourth-order valence-electron chi connectivity index (χ4n) is 3.46. The Morgan fingerprint density at radius 3 is 2.26 bits per heavy atom. The van der Waals surface area contributed by atoms with Gasteiger partial charge in [0.1, 0.15) is 5.60 Å². The van der Waals surface area contributed by atoms with Gasteiger partial charge in [0, 0.05) is 0 Å². The fraction of sp³-hybridized carbons (Fsp3) is 0.944. The lowest BCUT2D eigenvalue weighted by atomic mass is 9.76. The van der Waals surface area contributed by atoms with Gasteiger partial charge in [0.2, 0.25) is 8.32 Å². The van der Waals surface area contributed by atoms with Crippen molar-refractivity contribution in [1.82, 2.24) is 0 Å². The minimum atomic E-state index is -1.80. The highest BCUT2D eigenvalue weighted by Crippen LogP contribution is 2.41. The van der Waals surface area contributed by atoms with Crippen molar-refractivity contribution in [2.45, 2.75) is 97.4 Å². The molecule has 5 heteroatoms. The second kappa shape index (κ2) is 8.63. The Labute approximate surface area is 143 Å². The SMILES string of the molecule is CCCCC(C)(CC1(C)CCOC1=O)OO[Si](CC)(CC)CC. The summed E-state index contributed by atoms with van der Waals surface area (Å²) < 4.78 is 11.3. The molecule has 0 aromatic heterocycles. The zero-order valence-corrected chi connectivity index (χ0v) is 17.0. The van der Waals surface area contributed by atoms with E-state index in [1.54, 1.807) is 0 Å². The van der Waals surface area contributed by atoms with Crippen LogP contribution in [0.3, 0.4) is 0 Å². The minimum absolute atomic E-state index is 0.0891. The first kappa shape index (κ1) is 20.7. The molecule has 1 rings (SSSR count). The highest BCUT2D eigenvalue weighted by Gasteiger charge is 2.47. The summed E-state index contributed by atoms with van der Waals surface area (Å²) in [6, 6.07) is 3.18. The van der Waals surface area contributed by atoms with Gasteiger partial charge in [0.25, 0.3) is 0 Å². The molecule has 0 radical (unpaired) electrons. The molecule has 1 saturated heterocycles. The van der Waals surface area contributed by atoms with Gasteiger partial charge in [-0.05, 0) is 51.2 Å². The molecule has 0 aromatic carbocycles. The van der Waals surface area contributed by atoms with Crippen molar-refractivity contribution >= 4 is 14.3 Å². The molecule has 0 spiro atoms. The molecule has 4 nitrogen and oxygen atoms in total. The number of carbonyl (C=O) groups is 1. The van der Waals surface area contributed by atoms with Crippen LogP contribution in [0.2, 0.25) is 18.1 Å². The Morgan fingerprint density at radius 1 is 1.22 bits per heavy atom. The maximum absolute atomic E-state index is 12.1. The lowest BCUT2D eigenvalue weighted by Gasteiger charge is -2.38. The zero-order chi connectivity index (χ0) is 17.6. The number of cyclic esters (lactones) is 1. The van der Waals surface area contributed by atoms with Gasteiger partial charge in [0.05, 0.1) is 12.0 Å². The molecule has 0 aliphatic carbocycles. The Kier molecular flexibility index (Phi) is 7.75. The van der Waals surface area contributed by atoms with Gasteiger partial charge in [-0.15, -0.1) is 0 Å². The summed E-state index contributed by atoms with van der Waals surface area (Å²) in [5.74, 6) is -0.0891. The van der Waals surface area contributed by atoms with Gasteiger partial charge in [-0.1, -0.05) is 40.5 Å². The predicted octanol–water partition coefficient (Wildman–Crippen LogP) is 5.23. The van der Waals surface area contributed by atoms with Gasteiger partial charge < -0.3 is 4.74 Å². The summed E-state index contributed by atoms with van der Waals surface area (Å²) in [7, 11) is -1.80. The van der Waals surface area contributed by atoms with E-state index in [9.17, 15) is 4.79 Å². The Hall–Kier alpha value is -0.393. The molecule has 0 N–H and O–H groups in total. The van der Waals surface area contributed by atoms with Crippen LogP contribution in [-0.2, 0) is 19.0 Å². The highest BCUT2D eigenvalue weighted by molar-refractivity contribution is 6.73. The third-order valence-electron chi connectivity index (χ3n) is 5.56. The number of ether oxygens (including phenoxy) is 1. The molecule has 0 saturated carbocycles. The van der Waals surface area contributed by atoms with Crippen LogP contribution in [0, 0.1) is 5.41 Å². The molecule has 2 unspecified atom stereocenters. The van der Waals surface area contributed by atoms with Crippen LogP contribution in [0.15, 0.2) is 0 Å². The van der Waals surface area contributed by atoms with Gasteiger partial charge in [-0.25, -0.2) is 4.89 Å². The Bertz CT molecular complexity index is 375. The molecule has 1 fully saturated rings. The van der Waals surface area contributed by atoms with Crippen LogP contribution in [0.4, 0.5) is 0 Å². The van der Waals surface area contributed by atoms with Crippen molar-refractivity contribution in [3.63, 3.8) is 0 Å². The van der Waals surface area contributed by atoms with E-state index in [1.165, 1.54) is 0 Å². The van der Waals surface area contributed by atoms with Crippen molar-refractivity contribution in [3.8, 4) is 0 Å². The second-order valence-electron chi connectivity index (χ2n) is 7.59. The van der Waals surface area contributed by atoms with Crippen molar-refractivity contribution in [3.05, 3.63) is 0 Å². The lowest BCUT2D eigenvalue weighted by molar-refractivity contribution is -0.306. The third kappa shape index (κ3) is 5.30. The summed E-state index contributed by atoms with van der Waals surface area (Å²) in [6.07, 6.45) is 4.53. The molecule has 1 aliphatic rings. The first-order chi connectivity index (χ1) is 10.8. The highest BCUT2D eigenvalue weighted by atomic mass is 28.4. The molecule has 0 aromatic rings. The average Bonchev–Trinajstić information content (AvgIpc) is 2.86. The van der Waals surface area contributed by atoms with E-state index < -0.39 is 19.3 Å². The van der Waals surface area contributed by atoms with Crippen molar-refractivity contribution < 1.29 is 19.0 Å². The van der Waals surface area contributed by atoms with Gasteiger partial charge in [0.15, 0.2) is 0 Å². The van der Waals surface area contributed by atoms with Crippen LogP contribution in [0.1, 0.15) is 73.6 Å². The van der Waals surface area contributed by atoms with E-state index in [1.807, 2.05) is 6.92 Å². The number of unbranched alkanes of at least 4 members (excludes halogenated alkanes) is 1. The molecule has 2 atom stereocenters. The number of esters is 1. The minimum Gasteiger partial charge on any atom is -0.465 e. The molecule has 136 valence electrons. The fourth-order valence-corrected chi connectivity index (χ4v) is 5.69. The molecule has 1 heterocycles. The van der Waals surface area contributed by atoms with E-state index in [2.05, 4.69) is 34.6 Å². The van der Waals surface area contributed by atoms with Crippen LogP contribution in [0.25, 0.3) is 0 Å². The van der Waals surface area contributed by atoms with Crippen LogP contribution in [0.5, 0.6) is 0 Å². The number of carbonyl (C=O) groups excluding carboxylic acids is 1. The summed E-state index contributed by atoms with van der Waals surface area (Å²) >= 11 is 0. The van der Waals surface area contributed by atoms with E-state index >= 15 is 0 Å².